The van der Waals surface area contributed by atoms with E-state index < -0.39 is 5.97 Å². The largest absolute Gasteiger partial charge is 0.478 e. The van der Waals surface area contributed by atoms with Gasteiger partial charge in [-0.1, -0.05) is 41.4 Å². The summed E-state index contributed by atoms with van der Waals surface area (Å²) in [7, 11) is 1.87. The number of pyridine rings is 1. The highest BCUT2D eigenvalue weighted by Crippen LogP contribution is 2.21. The van der Waals surface area contributed by atoms with Crippen LogP contribution in [-0.4, -0.2) is 23.1 Å². The molecule has 1 aromatic heterocycles. The molecule has 5 heteroatoms. The molecule has 0 radical (unpaired) electrons. The van der Waals surface area contributed by atoms with Crippen LogP contribution in [0.4, 0.5) is 5.82 Å². The van der Waals surface area contributed by atoms with E-state index in [-0.39, 0.29) is 10.6 Å². The van der Waals surface area contributed by atoms with Crippen LogP contribution in [0.5, 0.6) is 0 Å². The quantitative estimate of drug-likeness (QED) is 0.938. The van der Waals surface area contributed by atoms with Gasteiger partial charge < -0.3 is 10.0 Å². The van der Waals surface area contributed by atoms with Crippen LogP contribution in [-0.2, 0) is 6.54 Å². The molecule has 4 nitrogen and oxygen atoms in total. The second-order valence-corrected chi connectivity index (χ2v) is 5.08. The summed E-state index contributed by atoms with van der Waals surface area (Å²) in [5.74, 6) is -0.476. The zero-order valence-corrected chi connectivity index (χ0v) is 12.1. The van der Waals surface area contributed by atoms with Crippen molar-refractivity contribution >= 4 is 23.4 Å². The minimum absolute atomic E-state index is 0.0627. The van der Waals surface area contributed by atoms with Gasteiger partial charge in [0.2, 0.25) is 0 Å². The number of benzene rings is 1. The van der Waals surface area contributed by atoms with Crippen molar-refractivity contribution in [2.45, 2.75) is 13.5 Å². The van der Waals surface area contributed by atoms with Crippen LogP contribution in [0, 0.1) is 6.92 Å². The topological polar surface area (TPSA) is 53.4 Å². The third-order valence-electron chi connectivity index (χ3n) is 2.96. The minimum Gasteiger partial charge on any atom is -0.478 e. The number of aromatic nitrogens is 1. The Labute approximate surface area is 122 Å². The number of anilines is 1. The molecule has 0 aliphatic heterocycles. The van der Waals surface area contributed by atoms with E-state index in [0.717, 1.165) is 5.56 Å². The van der Waals surface area contributed by atoms with Gasteiger partial charge in [-0.3, -0.25) is 0 Å². The fraction of sp³-hybridized carbons (Fsp3) is 0.200. The molecule has 0 aliphatic carbocycles. The van der Waals surface area contributed by atoms with E-state index in [1.165, 1.54) is 17.8 Å². The average molecular weight is 291 g/mol. The van der Waals surface area contributed by atoms with E-state index in [4.69, 9.17) is 16.7 Å². The van der Waals surface area contributed by atoms with Crippen LogP contribution in [0.25, 0.3) is 0 Å². The predicted octanol–water partition coefficient (Wildman–Crippen LogP) is 3.38. The van der Waals surface area contributed by atoms with E-state index in [0.29, 0.717) is 12.4 Å². The second-order valence-electron chi connectivity index (χ2n) is 4.67. The van der Waals surface area contributed by atoms with Gasteiger partial charge in [-0.2, -0.15) is 0 Å². The average Bonchev–Trinajstić information content (AvgIpc) is 2.38. The summed E-state index contributed by atoms with van der Waals surface area (Å²) in [4.78, 5) is 17.1. The molecule has 0 amide bonds. The SMILES string of the molecule is Cc1cccc(CN(C)c2cc(C(=O)O)c(Cl)cn2)c1. The van der Waals surface area contributed by atoms with Crippen LogP contribution in [0.1, 0.15) is 21.5 Å². The van der Waals surface area contributed by atoms with E-state index in [9.17, 15) is 4.79 Å². The molecule has 2 aromatic rings. The molecule has 1 heterocycles. The first-order chi connectivity index (χ1) is 9.47. The summed E-state index contributed by atoms with van der Waals surface area (Å²) in [6.45, 7) is 2.68. The molecule has 1 aromatic carbocycles. The minimum atomic E-state index is -1.05. The Morgan fingerprint density at radius 3 is 2.80 bits per heavy atom. The van der Waals surface area contributed by atoms with Crippen molar-refractivity contribution in [2.24, 2.45) is 0 Å². The molecule has 1 N–H and O–H groups in total. The molecule has 20 heavy (non-hydrogen) atoms. The molecule has 0 atom stereocenters. The highest BCUT2D eigenvalue weighted by atomic mass is 35.5. The van der Waals surface area contributed by atoms with Crippen LogP contribution in [0.3, 0.4) is 0 Å². The molecule has 0 spiro atoms. The van der Waals surface area contributed by atoms with Gasteiger partial charge in [0.05, 0.1) is 10.6 Å². The second kappa shape index (κ2) is 5.92. The molecule has 0 saturated heterocycles. The number of halogens is 1. The summed E-state index contributed by atoms with van der Waals surface area (Å²) in [6.07, 6.45) is 1.37. The van der Waals surface area contributed by atoms with E-state index in [2.05, 4.69) is 11.1 Å². The lowest BCUT2D eigenvalue weighted by molar-refractivity contribution is 0.0697. The van der Waals surface area contributed by atoms with Gasteiger partial charge in [0, 0.05) is 19.8 Å². The molecule has 104 valence electrons. The number of carboxylic acids is 1. The third kappa shape index (κ3) is 3.27. The van der Waals surface area contributed by atoms with Crippen molar-refractivity contribution < 1.29 is 9.90 Å². The van der Waals surface area contributed by atoms with Crippen molar-refractivity contribution in [3.8, 4) is 0 Å². The van der Waals surface area contributed by atoms with Gasteiger partial charge in [0.1, 0.15) is 5.82 Å². The summed E-state index contributed by atoms with van der Waals surface area (Å²) < 4.78 is 0. The van der Waals surface area contributed by atoms with Gasteiger partial charge in [-0.05, 0) is 18.6 Å². The van der Waals surface area contributed by atoms with Gasteiger partial charge in [-0.25, -0.2) is 9.78 Å². The van der Waals surface area contributed by atoms with E-state index in [1.54, 1.807) is 0 Å². The van der Waals surface area contributed by atoms with Crippen LogP contribution >= 0.6 is 11.6 Å². The molecule has 0 aliphatic rings. The Bertz CT molecular complexity index is 644. The zero-order chi connectivity index (χ0) is 14.7. The van der Waals surface area contributed by atoms with Crippen molar-refractivity contribution in [1.82, 2.24) is 4.98 Å². The Kier molecular flexibility index (Phi) is 4.25. The lowest BCUT2D eigenvalue weighted by atomic mass is 10.1. The lowest BCUT2D eigenvalue weighted by Crippen LogP contribution is -2.18. The molecule has 0 bridgehead atoms. The van der Waals surface area contributed by atoms with E-state index >= 15 is 0 Å². The first kappa shape index (κ1) is 14.3. The van der Waals surface area contributed by atoms with E-state index in [1.807, 2.05) is 37.1 Å². The smallest absolute Gasteiger partial charge is 0.337 e. The highest BCUT2D eigenvalue weighted by Gasteiger charge is 2.12. The maximum Gasteiger partial charge on any atom is 0.337 e. The van der Waals surface area contributed by atoms with Gasteiger partial charge in [-0.15, -0.1) is 0 Å². The highest BCUT2D eigenvalue weighted by molar-refractivity contribution is 6.33. The Hall–Kier alpha value is -2.07. The predicted molar refractivity (Wildman–Crippen MR) is 79.5 cm³/mol. The number of aromatic carboxylic acids is 1. The number of rotatable bonds is 4. The summed E-state index contributed by atoms with van der Waals surface area (Å²) in [6, 6.07) is 9.63. The van der Waals surface area contributed by atoms with Crippen molar-refractivity contribution in [2.75, 3.05) is 11.9 Å². The summed E-state index contributed by atoms with van der Waals surface area (Å²) in [5.41, 5.74) is 2.39. The van der Waals surface area contributed by atoms with Crippen molar-refractivity contribution in [3.63, 3.8) is 0 Å². The molecular formula is C15H15ClN2O2. The Morgan fingerprint density at radius 2 is 2.15 bits per heavy atom. The zero-order valence-electron chi connectivity index (χ0n) is 11.3. The van der Waals surface area contributed by atoms with Crippen molar-refractivity contribution in [3.05, 3.63) is 58.2 Å². The Morgan fingerprint density at radius 1 is 1.40 bits per heavy atom. The first-order valence-corrected chi connectivity index (χ1v) is 6.50. The number of nitrogens with zero attached hydrogens (tertiary/aromatic N) is 2. The molecular weight excluding hydrogens is 276 g/mol. The molecule has 0 fully saturated rings. The number of aryl methyl sites for hydroxylation is 1. The molecule has 0 unspecified atom stereocenters. The maximum atomic E-state index is 11.1. The van der Waals surface area contributed by atoms with Crippen LogP contribution < -0.4 is 4.90 Å². The molecule has 0 saturated carbocycles. The number of carbonyl (C=O) groups is 1. The summed E-state index contributed by atoms with van der Waals surface area (Å²) in [5, 5.41) is 9.21. The normalized spacial score (nSPS) is 10.3. The fourth-order valence-corrected chi connectivity index (χ4v) is 2.15. The maximum absolute atomic E-state index is 11.1. The Balaban J connectivity index is 2.23. The van der Waals surface area contributed by atoms with Gasteiger partial charge in [0.15, 0.2) is 0 Å². The first-order valence-electron chi connectivity index (χ1n) is 6.13. The lowest BCUT2D eigenvalue weighted by Gasteiger charge is -2.19. The fourth-order valence-electron chi connectivity index (χ4n) is 1.97. The van der Waals surface area contributed by atoms with Gasteiger partial charge in [0.25, 0.3) is 0 Å². The number of hydrogen-bond donors (Lipinski definition) is 1. The number of hydrogen-bond acceptors (Lipinski definition) is 3. The standard InChI is InChI=1S/C15H15ClN2O2/c1-10-4-3-5-11(6-10)9-18(2)14-7-12(15(19)20)13(16)8-17-14/h3-8H,9H2,1-2H3,(H,19,20). The van der Waals surface area contributed by atoms with Crippen LogP contribution in [0.15, 0.2) is 36.5 Å². The van der Waals surface area contributed by atoms with Gasteiger partial charge >= 0.3 is 5.97 Å². The summed E-state index contributed by atoms with van der Waals surface area (Å²) >= 11 is 5.82. The monoisotopic (exact) mass is 290 g/mol. The van der Waals surface area contributed by atoms with Crippen LogP contribution in [0.2, 0.25) is 5.02 Å². The molecule has 2 rings (SSSR count). The van der Waals surface area contributed by atoms with Crippen molar-refractivity contribution in [1.29, 1.82) is 0 Å². The number of carboxylic acid groups (broad SMARTS) is 1. The third-order valence-corrected chi connectivity index (χ3v) is 3.27.